The SMILES string of the molecule is O=C1CCC(N2C(=O)c3ccc(N4CC(F)C4)cc3C2=O)C(=O)N1. The summed E-state index contributed by atoms with van der Waals surface area (Å²) in [7, 11) is 0. The van der Waals surface area contributed by atoms with Gasteiger partial charge < -0.3 is 4.90 Å². The summed E-state index contributed by atoms with van der Waals surface area (Å²) in [5.41, 5.74) is 1.12. The van der Waals surface area contributed by atoms with Gasteiger partial charge in [0.05, 0.1) is 24.2 Å². The lowest BCUT2D eigenvalue weighted by Gasteiger charge is -2.36. The number of piperidine rings is 1. The number of carbonyl (C=O) groups excluding carboxylic acids is 4. The maximum absolute atomic E-state index is 13.0. The molecule has 4 amide bonds. The van der Waals surface area contributed by atoms with Gasteiger partial charge in [0.1, 0.15) is 12.2 Å². The van der Waals surface area contributed by atoms with Crippen molar-refractivity contribution in [2.75, 3.05) is 18.0 Å². The van der Waals surface area contributed by atoms with Crippen LogP contribution in [0.4, 0.5) is 10.1 Å². The summed E-state index contributed by atoms with van der Waals surface area (Å²) in [6.45, 7) is 0.523. The van der Waals surface area contributed by atoms with Gasteiger partial charge in [-0.15, -0.1) is 0 Å². The van der Waals surface area contributed by atoms with Crippen LogP contribution >= 0.6 is 0 Å². The Bertz CT molecular complexity index is 788. The van der Waals surface area contributed by atoms with Crippen LogP contribution in [-0.2, 0) is 9.59 Å². The fourth-order valence-electron chi connectivity index (χ4n) is 3.29. The van der Waals surface area contributed by atoms with Crippen molar-refractivity contribution in [3.8, 4) is 0 Å². The van der Waals surface area contributed by atoms with E-state index in [1.165, 1.54) is 6.07 Å². The van der Waals surface area contributed by atoms with E-state index in [4.69, 9.17) is 0 Å². The van der Waals surface area contributed by atoms with Crippen molar-refractivity contribution in [3.63, 3.8) is 0 Å². The molecular formula is C16H14FN3O4. The number of anilines is 1. The van der Waals surface area contributed by atoms with Crippen molar-refractivity contribution >= 4 is 29.3 Å². The molecule has 1 unspecified atom stereocenters. The molecule has 0 radical (unpaired) electrons. The van der Waals surface area contributed by atoms with Gasteiger partial charge in [0.25, 0.3) is 11.8 Å². The van der Waals surface area contributed by atoms with Gasteiger partial charge in [-0.1, -0.05) is 0 Å². The van der Waals surface area contributed by atoms with Gasteiger partial charge in [-0.05, 0) is 24.6 Å². The molecule has 3 heterocycles. The monoisotopic (exact) mass is 331 g/mol. The molecule has 24 heavy (non-hydrogen) atoms. The van der Waals surface area contributed by atoms with Gasteiger partial charge >= 0.3 is 0 Å². The minimum Gasteiger partial charge on any atom is -0.366 e. The smallest absolute Gasteiger partial charge is 0.262 e. The van der Waals surface area contributed by atoms with Crippen molar-refractivity contribution in [1.29, 1.82) is 0 Å². The zero-order valence-electron chi connectivity index (χ0n) is 12.6. The fourth-order valence-corrected chi connectivity index (χ4v) is 3.29. The zero-order valence-corrected chi connectivity index (χ0v) is 12.6. The van der Waals surface area contributed by atoms with Crippen LogP contribution < -0.4 is 10.2 Å². The van der Waals surface area contributed by atoms with E-state index in [1.54, 1.807) is 17.0 Å². The Balaban J connectivity index is 1.63. The predicted octanol–water partition coefficient (Wildman–Crippen LogP) is 0.246. The van der Waals surface area contributed by atoms with Crippen molar-refractivity contribution in [1.82, 2.24) is 10.2 Å². The normalized spacial score (nSPS) is 24.1. The molecule has 1 atom stereocenters. The highest BCUT2D eigenvalue weighted by atomic mass is 19.1. The molecule has 124 valence electrons. The van der Waals surface area contributed by atoms with E-state index in [0.29, 0.717) is 5.69 Å². The number of hydrogen-bond acceptors (Lipinski definition) is 5. The van der Waals surface area contributed by atoms with Crippen LogP contribution in [0.3, 0.4) is 0 Å². The van der Waals surface area contributed by atoms with E-state index in [9.17, 15) is 23.6 Å². The summed E-state index contributed by atoms with van der Waals surface area (Å²) >= 11 is 0. The van der Waals surface area contributed by atoms with Gasteiger partial charge in [0.2, 0.25) is 11.8 Å². The molecule has 8 heteroatoms. The molecule has 2 fully saturated rings. The first-order valence-corrected chi connectivity index (χ1v) is 7.70. The van der Waals surface area contributed by atoms with Crippen LogP contribution in [0.2, 0.25) is 0 Å². The highest BCUT2D eigenvalue weighted by molar-refractivity contribution is 6.23. The summed E-state index contributed by atoms with van der Waals surface area (Å²) in [5, 5.41) is 2.15. The number of fused-ring (bicyclic) bond motifs is 1. The summed E-state index contributed by atoms with van der Waals surface area (Å²) in [4.78, 5) is 51.1. The van der Waals surface area contributed by atoms with Gasteiger partial charge in [0, 0.05) is 12.1 Å². The first kappa shape index (κ1) is 14.8. The van der Waals surface area contributed by atoms with Crippen molar-refractivity contribution in [2.45, 2.75) is 25.1 Å². The number of benzene rings is 1. The Morgan fingerprint density at radius 3 is 2.42 bits per heavy atom. The summed E-state index contributed by atoms with van der Waals surface area (Å²) in [5.74, 6) is -2.13. The molecule has 0 saturated carbocycles. The third-order valence-electron chi connectivity index (χ3n) is 4.63. The average Bonchev–Trinajstić information content (AvgIpc) is 2.76. The van der Waals surface area contributed by atoms with E-state index in [0.717, 1.165) is 4.90 Å². The average molecular weight is 331 g/mol. The van der Waals surface area contributed by atoms with Crippen LogP contribution in [0.15, 0.2) is 18.2 Å². The molecule has 4 rings (SSSR count). The highest BCUT2D eigenvalue weighted by Crippen LogP contribution is 2.32. The number of rotatable bonds is 2. The Morgan fingerprint density at radius 1 is 1.04 bits per heavy atom. The number of nitrogens with zero attached hydrogens (tertiary/aromatic N) is 2. The second kappa shape index (κ2) is 5.12. The fraction of sp³-hybridized carbons (Fsp3) is 0.375. The van der Waals surface area contributed by atoms with E-state index < -0.39 is 35.8 Å². The van der Waals surface area contributed by atoms with Crippen LogP contribution in [0.25, 0.3) is 0 Å². The van der Waals surface area contributed by atoms with Crippen molar-refractivity contribution < 1.29 is 23.6 Å². The maximum Gasteiger partial charge on any atom is 0.262 e. The lowest BCUT2D eigenvalue weighted by atomic mass is 10.0. The summed E-state index contributed by atoms with van der Waals surface area (Å²) in [6, 6.07) is 3.79. The van der Waals surface area contributed by atoms with Gasteiger partial charge in [-0.25, -0.2) is 4.39 Å². The third kappa shape index (κ3) is 2.10. The maximum atomic E-state index is 13.0. The molecule has 0 spiro atoms. The van der Waals surface area contributed by atoms with Crippen LogP contribution in [0, 0.1) is 0 Å². The van der Waals surface area contributed by atoms with Crippen LogP contribution in [-0.4, -0.2) is 53.8 Å². The Kier molecular flexibility index (Phi) is 3.16. The number of halogens is 1. The molecule has 0 aliphatic carbocycles. The van der Waals surface area contributed by atoms with Crippen molar-refractivity contribution in [2.24, 2.45) is 0 Å². The Morgan fingerprint density at radius 2 is 1.75 bits per heavy atom. The van der Waals surface area contributed by atoms with E-state index in [-0.39, 0.29) is 37.1 Å². The quantitative estimate of drug-likeness (QED) is 0.785. The summed E-state index contributed by atoms with van der Waals surface area (Å²) < 4.78 is 13.0. The number of alkyl halides is 1. The molecule has 1 aromatic carbocycles. The van der Waals surface area contributed by atoms with E-state index in [1.807, 2.05) is 0 Å². The minimum absolute atomic E-state index is 0.0841. The third-order valence-corrected chi connectivity index (χ3v) is 4.63. The number of carbonyl (C=O) groups is 4. The summed E-state index contributed by atoms with van der Waals surface area (Å²) in [6.07, 6.45) is -0.671. The van der Waals surface area contributed by atoms with Gasteiger partial charge in [-0.3, -0.25) is 29.4 Å². The number of amides is 4. The number of hydrogen-bond donors (Lipinski definition) is 1. The number of imide groups is 2. The molecule has 7 nitrogen and oxygen atoms in total. The number of nitrogens with one attached hydrogen (secondary N) is 1. The minimum atomic E-state index is -0.974. The van der Waals surface area contributed by atoms with Gasteiger partial charge in [0.15, 0.2) is 0 Å². The topological polar surface area (TPSA) is 86.8 Å². The second-order valence-corrected chi connectivity index (χ2v) is 6.18. The highest BCUT2D eigenvalue weighted by Gasteiger charge is 2.44. The lowest BCUT2D eigenvalue weighted by molar-refractivity contribution is -0.136. The van der Waals surface area contributed by atoms with Crippen LogP contribution in [0.1, 0.15) is 33.6 Å². The van der Waals surface area contributed by atoms with Gasteiger partial charge in [-0.2, -0.15) is 0 Å². The molecule has 3 aliphatic heterocycles. The first-order valence-electron chi connectivity index (χ1n) is 7.70. The van der Waals surface area contributed by atoms with Crippen LogP contribution in [0.5, 0.6) is 0 Å². The largest absolute Gasteiger partial charge is 0.366 e. The van der Waals surface area contributed by atoms with E-state index in [2.05, 4.69) is 5.32 Å². The molecular weight excluding hydrogens is 317 g/mol. The molecule has 3 aliphatic rings. The van der Waals surface area contributed by atoms with Crippen molar-refractivity contribution in [3.05, 3.63) is 29.3 Å². The Labute approximate surface area is 136 Å². The second-order valence-electron chi connectivity index (χ2n) is 6.18. The lowest BCUT2D eigenvalue weighted by Crippen LogP contribution is -2.54. The molecule has 0 bridgehead atoms. The molecule has 0 aromatic heterocycles. The Hall–Kier alpha value is -2.77. The molecule has 2 saturated heterocycles. The standard InChI is InChI=1S/C16H14FN3O4/c17-8-6-19(7-8)9-1-2-10-11(5-9)16(24)20(15(10)23)12-3-4-13(21)18-14(12)22/h1-2,5,8,12H,3-4,6-7H2,(H,18,21,22). The molecule has 1 N–H and O–H groups in total. The molecule has 1 aromatic rings. The first-order chi connectivity index (χ1) is 11.5. The van der Waals surface area contributed by atoms with E-state index >= 15 is 0 Å². The predicted molar refractivity (Wildman–Crippen MR) is 80.2 cm³/mol. The zero-order chi connectivity index (χ0) is 17.0.